The van der Waals surface area contributed by atoms with Gasteiger partial charge in [-0.05, 0) is 30.7 Å². The highest BCUT2D eigenvalue weighted by molar-refractivity contribution is 5.31. The van der Waals surface area contributed by atoms with Crippen molar-refractivity contribution in [1.82, 2.24) is 5.32 Å². The van der Waals surface area contributed by atoms with E-state index in [1.54, 1.807) is 14.2 Å². The molecular weight excluding hydrogens is 270 g/mol. The number of hydrogen-bond donors (Lipinski definition) is 2. The highest BCUT2D eigenvalue weighted by atomic mass is 16.5. The molecule has 0 aromatic heterocycles. The Kier molecular flexibility index (Phi) is 8.82. The predicted molar refractivity (Wildman–Crippen MR) is 83.1 cm³/mol. The molecule has 0 aliphatic heterocycles. The van der Waals surface area contributed by atoms with Crippen molar-refractivity contribution in [2.45, 2.75) is 31.9 Å². The molecule has 5 heteroatoms. The third-order valence-electron chi connectivity index (χ3n) is 3.15. The number of nitrogens with one attached hydrogen (secondary N) is 1. The molecule has 21 heavy (non-hydrogen) atoms. The molecule has 0 amide bonds. The van der Waals surface area contributed by atoms with Gasteiger partial charge in [-0.1, -0.05) is 13.3 Å². The highest BCUT2D eigenvalue weighted by Gasteiger charge is 2.10. The number of rotatable bonds is 11. The van der Waals surface area contributed by atoms with Gasteiger partial charge in [0.15, 0.2) is 0 Å². The normalized spacial score (nSPS) is 13.7. The van der Waals surface area contributed by atoms with E-state index in [4.69, 9.17) is 14.2 Å². The average molecular weight is 297 g/mol. The summed E-state index contributed by atoms with van der Waals surface area (Å²) in [6.45, 7) is 3.53. The second kappa shape index (κ2) is 10.4. The zero-order valence-corrected chi connectivity index (χ0v) is 13.2. The van der Waals surface area contributed by atoms with Gasteiger partial charge in [-0.2, -0.15) is 0 Å². The molecule has 0 spiro atoms. The van der Waals surface area contributed by atoms with E-state index >= 15 is 0 Å². The maximum atomic E-state index is 9.94. The first-order valence-electron chi connectivity index (χ1n) is 7.36. The minimum atomic E-state index is -0.552. The summed E-state index contributed by atoms with van der Waals surface area (Å²) < 4.78 is 15.8. The summed E-state index contributed by atoms with van der Waals surface area (Å²) in [5.74, 6) is 1.50. The fraction of sp³-hybridized carbons (Fsp3) is 0.625. The van der Waals surface area contributed by atoms with E-state index in [2.05, 4.69) is 12.2 Å². The number of benzene rings is 1. The minimum absolute atomic E-state index is 0.255. The number of hydrogen-bond acceptors (Lipinski definition) is 5. The summed E-state index contributed by atoms with van der Waals surface area (Å²) in [5, 5.41) is 13.2. The van der Waals surface area contributed by atoms with Gasteiger partial charge in [0.05, 0.1) is 13.7 Å². The van der Waals surface area contributed by atoms with Crippen molar-refractivity contribution >= 4 is 0 Å². The van der Waals surface area contributed by atoms with E-state index in [-0.39, 0.29) is 12.6 Å². The fourth-order valence-electron chi connectivity index (χ4n) is 2.02. The summed E-state index contributed by atoms with van der Waals surface area (Å²) in [5.41, 5.74) is 0. The van der Waals surface area contributed by atoms with E-state index < -0.39 is 6.10 Å². The van der Waals surface area contributed by atoms with Crippen molar-refractivity contribution in [2.75, 3.05) is 34.0 Å². The molecule has 1 aromatic carbocycles. The molecule has 0 bridgehead atoms. The summed E-state index contributed by atoms with van der Waals surface area (Å²) in [4.78, 5) is 0. The number of aliphatic hydroxyl groups is 1. The summed E-state index contributed by atoms with van der Waals surface area (Å²) in [6.07, 6.45) is 1.56. The van der Waals surface area contributed by atoms with Crippen LogP contribution in [0.1, 0.15) is 19.8 Å². The molecule has 0 aliphatic carbocycles. The van der Waals surface area contributed by atoms with Crippen molar-refractivity contribution in [3.63, 3.8) is 0 Å². The molecule has 0 saturated carbocycles. The molecule has 0 heterocycles. The second-order valence-corrected chi connectivity index (χ2v) is 4.99. The van der Waals surface area contributed by atoms with Gasteiger partial charge in [0.25, 0.3) is 0 Å². The lowest BCUT2D eigenvalue weighted by Gasteiger charge is -2.20. The van der Waals surface area contributed by atoms with Crippen LogP contribution < -0.4 is 14.8 Å². The predicted octanol–water partition coefficient (Wildman–Crippen LogP) is 1.84. The van der Waals surface area contributed by atoms with Gasteiger partial charge < -0.3 is 24.6 Å². The molecule has 0 aliphatic rings. The van der Waals surface area contributed by atoms with Crippen LogP contribution in [0.15, 0.2) is 24.3 Å². The van der Waals surface area contributed by atoms with Gasteiger partial charge in [-0.3, -0.25) is 0 Å². The average Bonchev–Trinajstić information content (AvgIpc) is 2.51. The summed E-state index contributed by atoms with van der Waals surface area (Å²) >= 11 is 0. The Morgan fingerprint density at radius 2 is 1.76 bits per heavy atom. The molecule has 0 radical (unpaired) electrons. The van der Waals surface area contributed by atoms with Gasteiger partial charge in [0.2, 0.25) is 0 Å². The van der Waals surface area contributed by atoms with Crippen LogP contribution in [-0.2, 0) is 4.74 Å². The zero-order valence-electron chi connectivity index (χ0n) is 13.2. The van der Waals surface area contributed by atoms with E-state index in [0.29, 0.717) is 13.2 Å². The van der Waals surface area contributed by atoms with Gasteiger partial charge in [-0.25, -0.2) is 0 Å². The molecule has 0 fully saturated rings. The molecular formula is C16H27NO4. The van der Waals surface area contributed by atoms with Crippen LogP contribution in [-0.4, -0.2) is 51.2 Å². The molecule has 0 saturated heterocycles. The zero-order chi connectivity index (χ0) is 15.5. The van der Waals surface area contributed by atoms with Gasteiger partial charge in [-0.15, -0.1) is 0 Å². The molecule has 2 unspecified atom stereocenters. The molecule has 2 N–H and O–H groups in total. The topological polar surface area (TPSA) is 60.0 Å². The van der Waals surface area contributed by atoms with Crippen LogP contribution in [0.3, 0.4) is 0 Å². The first kappa shape index (κ1) is 17.8. The van der Waals surface area contributed by atoms with Crippen molar-refractivity contribution in [3.05, 3.63) is 24.3 Å². The molecule has 5 nitrogen and oxygen atoms in total. The van der Waals surface area contributed by atoms with Crippen LogP contribution in [0.2, 0.25) is 0 Å². The maximum absolute atomic E-state index is 9.94. The Morgan fingerprint density at radius 1 is 1.10 bits per heavy atom. The van der Waals surface area contributed by atoms with Crippen LogP contribution in [0.5, 0.6) is 11.5 Å². The molecule has 120 valence electrons. The maximum Gasteiger partial charge on any atom is 0.119 e. The lowest BCUT2D eigenvalue weighted by Crippen LogP contribution is -2.40. The van der Waals surface area contributed by atoms with Gasteiger partial charge >= 0.3 is 0 Å². The van der Waals surface area contributed by atoms with E-state index in [1.165, 1.54) is 0 Å². The molecule has 1 aromatic rings. The third kappa shape index (κ3) is 7.32. The third-order valence-corrected chi connectivity index (χ3v) is 3.15. The van der Waals surface area contributed by atoms with Crippen LogP contribution in [0, 0.1) is 0 Å². The first-order valence-corrected chi connectivity index (χ1v) is 7.36. The smallest absolute Gasteiger partial charge is 0.119 e. The standard InChI is InChI=1S/C16H27NO4/c1-4-5-13(11-19-2)17-10-14(18)12-21-16-8-6-15(20-3)7-9-16/h6-9,13-14,17-18H,4-5,10-12H2,1-3H3. The Bertz CT molecular complexity index is 363. The highest BCUT2D eigenvalue weighted by Crippen LogP contribution is 2.17. The lowest BCUT2D eigenvalue weighted by atomic mass is 10.2. The Morgan fingerprint density at radius 3 is 2.33 bits per heavy atom. The molecule has 2 atom stereocenters. The van der Waals surface area contributed by atoms with E-state index in [0.717, 1.165) is 24.3 Å². The van der Waals surface area contributed by atoms with Gasteiger partial charge in [0, 0.05) is 19.7 Å². The van der Waals surface area contributed by atoms with Crippen molar-refractivity contribution in [2.24, 2.45) is 0 Å². The second-order valence-electron chi connectivity index (χ2n) is 4.99. The fourth-order valence-corrected chi connectivity index (χ4v) is 2.02. The SMILES string of the molecule is CCCC(COC)NCC(O)COc1ccc(OC)cc1. The number of methoxy groups -OCH3 is 2. The monoisotopic (exact) mass is 297 g/mol. The Hall–Kier alpha value is -1.30. The van der Waals surface area contributed by atoms with Crippen molar-refractivity contribution in [3.8, 4) is 11.5 Å². The Labute approximate surface area is 127 Å². The number of ether oxygens (including phenoxy) is 3. The molecule has 1 rings (SSSR count). The minimum Gasteiger partial charge on any atom is -0.497 e. The van der Waals surface area contributed by atoms with Crippen LogP contribution in [0.25, 0.3) is 0 Å². The first-order chi connectivity index (χ1) is 10.2. The van der Waals surface area contributed by atoms with Gasteiger partial charge in [0.1, 0.15) is 24.2 Å². The van der Waals surface area contributed by atoms with Crippen LogP contribution in [0.4, 0.5) is 0 Å². The number of aliphatic hydroxyl groups excluding tert-OH is 1. The van der Waals surface area contributed by atoms with Crippen LogP contribution >= 0.6 is 0 Å². The van der Waals surface area contributed by atoms with E-state index in [9.17, 15) is 5.11 Å². The largest absolute Gasteiger partial charge is 0.497 e. The summed E-state index contributed by atoms with van der Waals surface area (Å²) in [7, 11) is 3.31. The van der Waals surface area contributed by atoms with Crippen molar-refractivity contribution < 1.29 is 19.3 Å². The Balaban J connectivity index is 2.27. The van der Waals surface area contributed by atoms with E-state index in [1.807, 2.05) is 24.3 Å². The lowest BCUT2D eigenvalue weighted by molar-refractivity contribution is 0.0946. The van der Waals surface area contributed by atoms with Crippen molar-refractivity contribution in [1.29, 1.82) is 0 Å². The summed E-state index contributed by atoms with van der Waals surface area (Å²) in [6, 6.07) is 7.58. The quantitative estimate of drug-likeness (QED) is 0.652.